The Morgan fingerprint density at radius 1 is 1.50 bits per heavy atom. The molecule has 2 aromatic rings. The highest BCUT2D eigenvalue weighted by molar-refractivity contribution is 6.31. The Bertz CT molecular complexity index is 560. The van der Waals surface area contributed by atoms with Crippen molar-refractivity contribution in [3.63, 3.8) is 0 Å². The molecule has 6 heteroatoms. The lowest BCUT2D eigenvalue weighted by Gasteiger charge is -2.22. The topological polar surface area (TPSA) is 54.0 Å². The molecule has 1 N–H and O–H groups in total. The van der Waals surface area contributed by atoms with Crippen LogP contribution < -0.4 is 0 Å². The number of likely N-dealkylation sites (tertiary alicyclic amines) is 1. The molecule has 0 saturated carbocycles. The van der Waals surface area contributed by atoms with Gasteiger partial charge in [0, 0.05) is 45.0 Å². The third-order valence-electron chi connectivity index (χ3n) is 3.76. The van der Waals surface area contributed by atoms with E-state index < -0.39 is 0 Å². The molecule has 0 amide bonds. The van der Waals surface area contributed by atoms with E-state index in [1.165, 1.54) is 0 Å². The molecular formula is C14H17ClN4O. The van der Waals surface area contributed by atoms with Crippen LogP contribution in [0.4, 0.5) is 0 Å². The predicted molar refractivity (Wildman–Crippen MR) is 76.4 cm³/mol. The summed E-state index contributed by atoms with van der Waals surface area (Å²) in [5.74, 6) is 0.981. The fourth-order valence-electron chi connectivity index (χ4n) is 2.70. The minimum absolute atomic E-state index is 0.228. The zero-order valence-electron chi connectivity index (χ0n) is 11.3. The van der Waals surface area contributed by atoms with E-state index in [4.69, 9.17) is 16.3 Å². The maximum absolute atomic E-state index is 6.20. The predicted octanol–water partition coefficient (Wildman–Crippen LogP) is 2.42. The highest BCUT2D eigenvalue weighted by Gasteiger charge is 2.34. The van der Waals surface area contributed by atoms with E-state index in [9.17, 15) is 0 Å². The number of pyridine rings is 1. The number of hydrogen-bond acceptors (Lipinski definition) is 4. The molecule has 20 heavy (non-hydrogen) atoms. The van der Waals surface area contributed by atoms with Gasteiger partial charge < -0.3 is 9.72 Å². The van der Waals surface area contributed by atoms with E-state index in [0.29, 0.717) is 5.02 Å². The lowest BCUT2D eigenvalue weighted by atomic mass is 10.1. The highest BCUT2D eigenvalue weighted by Crippen LogP contribution is 2.33. The number of methoxy groups -OCH3 is 1. The van der Waals surface area contributed by atoms with E-state index >= 15 is 0 Å². The smallest absolute Gasteiger partial charge is 0.123 e. The first-order chi connectivity index (χ1) is 9.78. The van der Waals surface area contributed by atoms with Crippen LogP contribution in [0.1, 0.15) is 23.9 Å². The number of aromatic nitrogens is 3. The molecule has 5 nitrogen and oxygen atoms in total. The van der Waals surface area contributed by atoms with Crippen LogP contribution in [0, 0.1) is 0 Å². The maximum Gasteiger partial charge on any atom is 0.123 e. The number of nitrogens with zero attached hydrogens (tertiary/aromatic N) is 3. The Hall–Kier alpha value is -1.43. The van der Waals surface area contributed by atoms with Crippen LogP contribution in [-0.2, 0) is 11.3 Å². The molecule has 1 unspecified atom stereocenters. The van der Waals surface area contributed by atoms with Crippen molar-refractivity contribution in [3.8, 4) is 0 Å². The summed E-state index contributed by atoms with van der Waals surface area (Å²) in [5, 5.41) is 0.701. The van der Waals surface area contributed by atoms with Gasteiger partial charge in [0.1, 0.15) is 5.82 Å². The number of nitrogens with one attached hydrogen (secondary N) is 1. The molecule has 0 aromatic carbocycles. The van der Waals surface area contributed by atoms with Gasteiger partial charge in [-0.25, -0.2) is 4.98 Å². The zero-order chi connectivity index (χ0) is 13.9. The van der Waals surface area contributed by atoms with Crippen LogP contribution in [-0.4, -0.2) is 39.6 Å². The van der Waals surface area contributed by atoms with E-state index in [2.05, 4.69) is 19.9 Å². The number of H-pyrrole nitrogens is 1. The average Bonchev–Trinajstić information content (AvgIpc) is 3.10. The van der Waals surface area contributed by atoms with Crippen LogP contribution in [0.25, 0.3) is 0 Å². The van der Waals surface area contributed by atoms with Gasteiger partial charge in [0.05, 0.1) is 17.2 Å². The van der Waals surface area contributed by atoms with Crippen LogP contribution in [0.15, 0.2) is 30.9 Å². The molecule has 2 aromatic heterocycles. The summed E-state index contributed by atoms with van der Waals surface area (Å²) in [6.45, 7) is 1.65. The van der Waals surface area contributed by atoms with Crippen molar-refractivity contribution >= 4 is 11.6 Å². The van der Waals surface area contributed by atoms with Crippen molar-refractivity contribution in [1.82, 2.24) is 19.9 Å². The van der Waals surface area contributed by atoms with Gasteiger partial charge in [0.25, 0.3) is 0 Å². The summed E-state index contributed by atoms with van der Waals surface area (Å²) < 4.78 is 5.51. The summed E-state index contributed by atoms with van der Waals surface area (Å²) >= 11 is 6.20. The highest BCUT2D eigenvalue weighted by atomic mass is 35.5. The molecule has 2 atom stereocenters. The molecule has 0 bridgehead atoms. The maximum atomic E-state index is 6.20. The molecule has 1 aliphatic heterocycles. The van der Waals surface area contributed by atoms with Crippen molar-refractivity contribution in [2.45, 2.75) is 25.1 Å². The van der Waals surface area contributed by atoms with Crippen LogP contribution >= 0.6 is 11.6 Å². The van der Waals surface area contributed by atoms with Crippen molar-refractivity contribution in [3.05, 3.63) is 47.3 Å². The molecule has 1 aliphatic rings. The Morgan fingerprint density at radius 2 is 2.40 bits per heavy atom. The second kappa shape index (κ2) is 5.91. The molecule has 106 valence electrons. The monoisotopic (exact) mass is 292 g/mol. The van der Waals surface area contributed by atoms with Gasteiger partial charge in [0.15, 0.2) is 0 Å². The van der Waals surface area contributed by atoms with Gasteiger partial charge in [-0.15, -0.1) is 0 Å². The second-order valence-electron chi connectivity index (χ2n) is 4.98. The normalized spacial score (nSPS) is 23.3. The lowest BCUT2D eigenvalue weighted by molar-refractivity contribution is 0.107. The number of halogens is 1. The summed E-state index contributed by atoms with van der Waals surface area (Å²) in [6, 6.07) is 2.20. The van der Waals surface area contributed by atoms with Crippen LogP contribution in [0.3, 0.4) is 0 Å². The first-order valence-electron chi connectivity index (χ1n) is 6.62. The molecule has 3 heterocycles. The van der Waals surface area contributed by atoms with Gasteiger partial charge in [0.2, 0.25) is 0 Å². The van der Waals surface area contributed by atoms with Gasteiger partial charge in [-0.05, 0) is 18.1 Å². The standard InChI is InChI=1S/C14H17ClN4O/c1-20-11-6-13(14-17-4-5-18-14)19(9-11)8-10-2-3-16-7-12(10)15/h2-5,7,11,13H,6,8-9H2,1H3,(H,17,18)/t11-,13?/m1/s1. The summed E-state index contributed by atoms with van der Waals surface area (Å²) in [6.07, 6.45) is 8.26. The number of hydrogen-bond donors (Lipinski definition) is 1. The Labute approximate surface area is 122 Å². The van der Waals surface area contributed by atoms with E-state index in [1.54, 1.807) is 25.7 Å². The van der Waals surface area contributed by atoms with Gasteiger partial charge >= 0.3 is 0 Å². The zero-order valence-corrected chi connectivity index (χ0v) is 12.0. The van der Waals surface area contributed by atoms with Crippen LogP contribution in [0.5, 0.6) is 0 Å². The molecule has 0 spiro atoms. The molecule has 1 fully saturated rings. The molecular weight excluding hydrogens is 276 g/mol. The van der Waals surface area contributed by atoms with Gasteiger partial charge in [-0.1, -0.05) is 11.6 Å². The second-order valence-corrected chi connectivity index (χ2v) is 5.39. The molecule has 1 saturated heterocycles. The van der Waals surface area contributed by atoms with Crippen molar-refractivity contribution < 1.29 is 4.74 Å². The van der Waals surface area contributed by atoms with Gasteiger partial charge in [-0.3, -0.25) is 9.88 Å². The quantitative estimate of drug-likeness (QED) is 0.940. The molecule has 0 aliphatic carbocycles. The van der Waals surface area contributed by atoms with E-state index in [-0.39, 0.29) is 12.1 Å². The number of rotatable bonds is 4. The minimum atomic E-state index is 0.228. The fraction of sp³-hybridized carbons (Fsp3) is 0.429. The van der Waals surface area contributed by atoms with Crippen molar-refractivity contribution in [2.75, 3.05) is 13.7 Å². The molecule has 3 rings (SSSR count). The summed E-state index contributed by atoms with van der Waals surface area (Å²) in [4.78, 5) is 14.0. The Balaban J connectivity index is 1.81. The molecule has 0 radical (unpaired) electrons. The van der Waals surface area contributed by atoms with E-state index in [1.807, 2.05) is 12.3 Å². The van der Waals surface area contributed by atoms with Crippen molar-refractivity contribution in [2.24, 2.45) is 0 Å². The van der Waals surface area contributed by atoms with E-state index in [0.717, 1.165) is 30.9 Å². The SMILES string of the molecule is CO[C@@H]1CC(c2ncc[nH]2)N(Cc2ccncc2Cl)C1. The third kappa shape index (κ3) is 2.70. The van der Waals surface area contributed by atoms with Gasteiger partial charge in [-0.2, -0.15) is 0 Å². The number of aromatic amines is 1. The Morgan fingerprint density at radius 3 is 3.10 bits per heavy atom. The Kier molecular flexibility index (Phi) is 4.00. The lowest BCUT2D eigenvalue weighted by Crippen LogP contribution is -2.25. The number of imidazole rings is 1. The summed E-state index contributed by atoms with van der Waals surface area (Å²) in [7, 11) is 1.76. The van der Waals surface area contributed by atoms with Crippen molar-refractivity contribution in [1.29, 1.82) is 0 Å². The largest absolute Gasteiger partial charge is 0.380 e. The number of ether oxygens (including phenoxy) is 1. The minimum Gasteiger partial charge on any atom is -0.380 e. The summed E-state index contributed by atoms with van der Waals surface area (Å²) in [5.41, 5.74) is 1.08. The van der Waals surface area contributed by atoms with Crippen LogP contribution in [0.2, 0.25) is 5.02 Å². The third-order valence-corrected chi connectivity index (χ3v) is 4.10. The first-order valence-corrected chi connectivity index (χ1v) is 7.00. The average molecular weight is 293 g/mol. The first kappa shape index (κ1) is 13.5. The fourth-order valence-corrected chi connectivity index (χ4v) is 2.88.